The topological polar surface area (TPSA) is 42.2 Å². The number of benzene rings is 1. The second kappa shape index (κ2) is 3.59. The van der Waals surface area contributed by atoms with Crippen LogP contribution in [-0.4, -0.2) is 13.7 Å². The van der Waals surface area contributed by atoms with Crippen LogP contribution >= 0.6 is 0 Å². The zero-order chi connectivity index (χ0) is 9.97. The molecule has 1 atom stereocenters. The number of fused-ring (bicyclic) bond motifs is 1. The summed E-state index contributed by atoms with van der Waals surface area (Å²) in [5.74, 6) is 1.38. The Kier molecular flexibility index (Phi) is 2.28. The van der Waals surface area contributed by atoms with Crippen molar-refractivity contribution in [2.75, 3.05) is 13.7 Å². The minimum Gasteiger partial charge on any atom is -0.493 e. The number of hydrogen-bond acceptors (Lipinski definition) is 3. The van der Waals surface area contributed by atoms with Crippen molar-refractivity contribution >= 4 is 0 Å². The predicted octanol–water partition coefficient (Wildman–Crippen LogP) is 2.08. The minimum absolute atomic E-state index is 0.0613. The first kappa shape index (κ1) is 8.89. The summed E-state index contributed by atoms with van der Waals surface area (Å²) in [6, 6.07) is 7.93. The summed E-state index contributed by atoms with van der Waals surface area (Å²) in [6.07, 6.45) is 0.761. The lowest BCUT2D eigenvalue weighted by Gasteiger charge is -2.22. The zero-order valence-corrected chi connectivity index (χ0v) is 7.99. The SMILES string of the molecule is COc1cccc2c1OCCC2C#N. The average molecular weight is 189 g/mol. The lowest BCUT2D eigenvalue weighted by atomic mass is 9.94. The second-order valence-electron chi connectivity index (χ2n) is 3.20. The van der Waals surface area contributed by atoms with E-state index in [4.69, 9.17) is 14.7 Å². The van der Waals surface area contributed by atoms with Crippen LogP contribution in [0.1, 0.15) is 17.9 Å². The Bertz CT molecular complexity index is 381. The molecule has 72 valence electrons. The molecule has 0 saturated heterocycles. The summed E-state index contributed by atoms with van der Waals surface area (Å²) >= 11 is 0. The molecule has 0 radical (unpaired) electrons. The van der Waals surface area contributed by atoms with E-state index < -0.39 is 0 Å². The Morgan fingerprint density at radius 3 is 3.14 bits per heavy atom. The summed E-state index contributed by atoms with van der Waals surface area (Å²) in [4.78, 5) is 0. The summed E-state index contributed by atoms with van der Waals surface area (Å²) < 4.78 is 10.7. The van der Waals surface area contributed by atoms with Crippen LogP contribution in [0.5, 0.6) is 11.5 Å². The van der Waals surface area contributed by atoms with E-state index in [-0.39, 0.29) is 5.92 Å². The molecule has 0 spiro atoms. The van der Waals surface area contributed by atoms with Crippen LogP contribution in [0.3, 0.4) is 0 Å². The monoisotopic (exact) mass is 189 g/mol. The van der Waals surface area contributed by atoms with Crippen molar-refractivity contribution in [3.63, 3.8) is 0 Å². The van der Waals surface area contributed by atoms with Crippen LogP contribution in [0.25, 0.3) is 0 Å². The van der Waals surface area contributed by atoms with Gasteiger partial charge in [0, 0.05) is 12.0 Å². The maximum absolute atomic E-state index is 8.96. The van der Waals surface area contributed by atoms with E-state index in [1.165, 1.54) is 0 Å². The molecule has 0 aliphatic carbocycles. The summed E-state index contributed by atoms with van der Waals surface area (Å²) in [6.45, 7) is 0.589. The average Bonchev–Trinajstić information content (AvgIpc) is 2.27. The van der Waals surface area contributed by atoms with Crippen molar-refractivity contribution < 1.29 is 9.47 Å². The smallest absolute Gasteiger partial charge is 0.165 e. The predicted molar refractivity (Wildman–Crippen MR) is 51.5 cm³/mol. The molecule has 0 amide bonds. The number of para-hydroxylation sites is 1. The highest BCUT2D eigenvalue weighted by molar-refractivity contribution is 5.50. The molecule has 1 unspecified atom stereocenters. The van der Waals surface area contributed by atoms with Gasteiger partial charge >= 0.3 is 0 Å². The van der Waals surface area contributed by atoms with Gasteiger partial charge in [-0.05, 0) is 6.07 Å². The van der Waals surface area contributed by atoms with Gasteiger partial charge in [-0.2, -0.15) is 5.26 Å². The minimum atomic E-state index is -0.0613. The van der Waals surface area contributed by atoms with Crippen molar-refractivity contribution in [1.82, 2.24) is 0 Å². The van der Waals surface area contributed by atoms with Crippen molar-refractivity contribution in [1.29, 1.82) is 5.26 Å². The fourth-order valence-corrected chi connectivity index (χ4v) is 1.69. The van der Waals surface area contributed by atoms with Crippen molar-refractivity contribution in [2.24, 2.45) is 0 Å². The van der Waals surface area contributed by atoms with Gasteiger partial charge in [-0.3, -0.25) is 0 Å². The van der Waals surface area contributed by atoms with Crippen LogP contribution < -0.4 is 9.47 Å². The van der Waals surface area contributed by atoms with Gasteiger partial charge in [0.15, 0.2) is 11.5 Å². The molecule has 2 rings (SSSR count). The van der Waals surface area contributed by atoms with Crippen molar-refractivity contribution in [2.45, 2.75) is 12.3 Å². The van der Waals surface area contributed by atoms with E-state index in [1.54, 1.807) is 7.11 Å². The van der Waals surface area contributed by atoms with E-state index in [9.17, 15) is 0 Å². The summed E-state index contributed by atoms with van der Waals surface area (Å²) in [5, 5.41) is 8.96. The molecule has 1 aliphatic rings. The van der Waals surface area contributed by atoms with Gasteiger partial charge in [0.25, 0.3) is 0 Å². The standard InChI is InChI=1S/C11H11NO2/c1-13-10-4-2-3-9-8(7-12)5-6-14-11(9)10/h2-4,8H,5-6H2,1H3. The molecular weight excluding hydrogens is 178 g/mol. The Morgan fingerprint density at radius 1 is 1.57 bits per heavy atom. The Hall–Kier alpha value is -1.69. The molecule has 0 aromatic heterocycles. The second-order valence-corrected chi connectivity index (χ2v) is 3.20. The fourth-order valence-electron chi connectivity index (χ4n) is 1.69. The van der Waals surface area contributed by atoms with Gasteiger partial charge in [-0.1, -0.05) is 12.1 Å². The van der Waals surface area contributed by atoms with Gasteiger partial charge in [-0.25, -0.2) is 0 Å². The normalized spacial score (nSPS) is 19.0. The first-order valence-electron chi connectivity index (χ1n) is 4.56. The number of ether oxygens (including phenoxy) is 2. The molecule has 1 aromatic carbocycles. The van der Waals surface area contributed by atoms with Gasteiger partial charge in [0.1, 0.15) is 0 Å². The van der Waals surface area contributed by atoms with E-state index in [0.29, 0.717) is 12.4 Å². The largest absolute Gasteiger partial charge is 0.493 e. The lowest BCUT2D eigenvalue weighted by molar-refractivity contribution is 0.262. The van der Waals surface area contributed by atoms with E-state index >= 15 is 0 Å². The van der Waals surface area contributed by atoms with Crippen LogP contribution in [-0.2, 0) is 0 Å². The van der Waals surface area contributed by atoms with E-state index in [0.717, 1.165) is 17.7 Å². The maximum Gasteiger partial charge on any atom is 0.165 e. The molecule has 3 heteroatoms. The van der Waals surface area contributed by atoms with E-state index in [2.05, 4.69) is 6.07 Å². The number of rotatable bonds is 1. The Labute approximate surface area is 82.9 Å². The molecular formula is C11H11NO2. The van der Waals surface area contributed by atoms with Gasteiger partial charge in [0.05, 0.1) is 25.7 Å². The summed E-state index contributed by atoms with van der Waals surface area (Å²) in [7, 11) is 1.61. The Balaban J connectivity index is 2.50. The zero-order valence-electron chi connectivity index (χ0n) is 7.99. The number of nitriles is 1. The molecule has 0 bridgehead atoms. The van der Waals surface area contributed by atoms with Crippen molar-refractivity contribution in [3.05, 3.63) is 23.8 Å². The first-order valence-corrected chi connectivity index (χ1v) is 4.56. The third kappa shape index (κ3) is 1.29. The van der Waals surface area contributed by atoms with Crippen LogP contribution in [0.2, 0.25) is 0 Å². The fraction of sp³-hybridized carbons (Fsp3) is 0.364. The molecule has 0 N–H and O–H groups in total. The van der Waals surface area contributed by atoms with Gasteiger partial charge in [-0.15, -0.1) is 0 Å². The number of hydrogen-bond donors (Lipinski definition) is 0. The highest BCUT2D eigenvalue weighted by Crippen LogP contribution is 2.39. The van der Waals surface area contributed by atoms with Crippen LogP contribution in [0.4, 0.5) is 0 Å². The lowest BCUT2D eigenvalue weighted by Crippen LogP contribution is -2.13. The number of methoxy groups -OCH3 is 1. The molecule has 0 saturated carbocycles. The first-order chi connectivity index (χ1) is 6.86. The quantitative estimate of drug-likeness (QED) is 0.679. The van der Waals surface area contributed by atoms with Crippen molar-refractivity contribution in [3.8, 4) is 17.6 Å². The molecule has 1 aromatic rings. The maximum atomic E-state index is 8.96. The van der Waals surface area contributed by atoms with Crippen LogP contribution in [0, 0.1) is 11.3 Å². The third-order valence-electron chi connectivity index (χ3n) is 2.41. The molecule has 0 fully saturated rings. The molecule has 1 heterocycles. The van der Waals surface area contributed by atoms with Gasteiger partial charge < -0.3 is 9.47 Å². The molecule has 14 heavy (non-hydrogen) atoms. The Morgan fingerprint density at radius 2 is 2.43 bits per heavy atom. The third-order valence-corrected chi connectivity index (χ3v) is 2.41. The highest BCUT2D eigenvalue weighted by Gasteiger charge is 2.23. The molecule has 3 nitrogen and oxygen atoms in total. The van der Waals surface area contributed by atoms with E-state index in [1.807, 2.05) is 18.2 Å². The van der Waals surface area contributed by atoms with Crippen LogP contribution in [0.15, 0.2) is 18.2 Å². The van der Waals surface area contributed by atoms with Gasteiger partial charge in [0.2, 0.25) is 0 Å². The number of nitrogens with zero attached hydrogens (tertiary/aromatic N) is 1. The summed E-state index contributed by atoms with van der Waals surface area (Å²) in [5.41, 5.74) is 0.943. The molecule has 1 aliphatic heterocycles. The highest BCUT2D eigenvalue weighted by atomic mass is 16.5.